The molecule has 0 aliphatic rings. The minimum absolute atomic E-state index is 0.633. The van der Waals surface area contributed by atoms with Crippen molar-refractivity contribution in [3.05, 3.63) is 6.33 Å². The molecule has 1 radical (unpaired) electrons. The van der Waals surface area contributed by atoms with Gasteiger partial charge < -0.3 is 4.90 Å². The lowest BCUT2D eigenvalue weighted by molar-refractivity contribution is 0.643. The molecule has 0 fully saturated rings. The third kappa shape index (κ3) is 2.10. The molecular weight excluding hydrogens is 148 g/mol. The first kappa shape index (κ1) is 7.14. The summed E-state index contributed by atoms with van der Waals surface area (Å²) in [5.41, 5.74) is 0. The van der Waals surface area contributed by atoms with E-state index in [1.807, 2.05) is 19.0 Å². The molecule has 0 aliphatic carbocycles. The molecule has 0 aromatic carbocycles. The van der Waals surface area contributed by atoms with Gasteiger partial charge in [0.2, 0.25) is 11.5 Å². The van der Waals surface area contributed by atoms with Crippen LogP contribution in [0.1, 0.15) is 0 Å². The van der Waals surface area contributed by atoms with Gasteiger partial charge in [-0.05, 0) is 0 Å². The van der Waals surface area contributed by atoms with E-state index in [4.69, 9.17) is 0 Å². The van der Waals surface area contributed by atoms with E-state index in [1.54, 1.807) is 6.34 Å². The maximum atomic E-state index is 3.98. The Hall–Kier alpha value is -0.970. The van der Waals surface area contributed by atoms with E-state index >= 15 is 0 Å². The summed E-state index contributed by atoms with van der Waals surface area (Å²) in [5.74, 6) is 0. The Morgan fingerprint density at radius 2 is 2.50 bits per heavy atom. The van der Waals surface area contributed by atoms with Crippen LogP contribution in [0, 0.1) is 6.33 Å². The second-order valence-corrected chi connectivity index (χ2v) is 2.62. The SMILES string of the molecule is CN(C)C=Nc1n[c]ns1. The number of hydrogen-bond acceptors (Lipinski definition) is 4. The highest BCUT2D eigenvalue weighted by Crippen LogP contribution is 2.09. The number of rotatable bonds is 2. The topological polar surface area (TPSA) is 41.4 Å². The standard InChI is InChI=1S/C5H7N4S/c1-9(2)4-7-5-6-3-8-10-5/h4H,1-2H3. The quantitative estimate of drug-likeness (QED) is 0.463. The van der Waals surface area contributed by atoms with Crippen LogP contribution in [-0.2, 0) is 0 Å². The maximum Gasteiger partial charge on any atom is 0.230 e. The van der Waals surface area contributed by atoms with Crippen molar-refractivity contribution in [2.75, 3.05) is 14.1 Å². The van der Waals surface area contributed by atoms with E-state index in [0.29, 0.717) is 5.13 Å². The largest absolute Gasteiger partial charge is 0.369 e. The monoisotopic (exact) mass is 155 g/mol. The molecule has 0 bridgehead atoms. The molecule has 0 aliphatic heterocycles. The summed E-state index contributed by atoms with van der Waals surface area (Å²) < 4.78 is 3.67. The number of hydrogen-bond donors (Lipinski definition) is 0. The second-order valence-electron chi connectivity index (χ2n) is 1.89. The van der Waals surface area contributed by atoms with E-state index in [1.165, 1.54) is 11.5 Å². The van der Waals surface area contributed by atoms with Gasteiger partial charge in [0, 0.05) is 25.6 Å². The lowest BCUT2D eigenvalue weighted by Crippen LogP contribution is -2.06. The van der Waals surface area contributed by atoms with Crippen LogP contribution in [0.15, 0.2) is 4.99 Å². The predicted molar refractivity (Wildman–Crippen MR) is 40.6 cm³/mol. The van der Waals surface area contributed by atoms with Gasteiger partial charge in [-0.3, -0.25) is 0 Å². The van der Waals surface area contributed by atoms with Crippen molar-refractivity contribution in [2.24, 2.45) is 4.99 Å². The highest BCUT2D eigenvalue weighted by Gasteiger charge is 1.89. The summed E-state index contributed by atoms with van der Waals surface area (Å²) in [4.78, 5) is 9.56. The Bertz CT molecular complexity index is 203. The Labute approximate surface area is 63.4 Å². The minimum Gasteiger partial charge on any atom is -0.369 e. The molecule has 1 rings (SSSR count). The lowest BCUT2D eigenvalue weighted by atomic mass is 10.9. The fraction of sp³-hybridized carbons (Fsp3) is 0.400. The first-order chi connectivity index (χ1) is 4.79. The molecule has 4 nitrogen and oxygen atoms in total. The minimum atomic E-state index is 0.633. The third-order valence-electron chi connectivity index (χ3n) is 0.713. The maximum absolute atomic E-state index is 3.98. The summed E-state index contributed by atoms with van der Waals surface area (Å²) >= 11 is 1.22. The van der Waals surface area contributed by atoms with Crippen molar-refractivity contribution in [2.45, 2.75) is 0 Å². The zero-order valence-corrected chi connectivity index (χ0v) is 6.59. The highest BCUT2D eigenvalue weighted by molar-refractivity contribution is 7.09. The van der Waals surface area contributed by atoms with Crippen molar-refractivity contribution in [3.63, 3.8) is 0 Å². The zero-order chi connectivity index (χ0) is 7.40. The molecule has 0 amide bonds. The van der Waals surface area contributed by atoms with Gasteiger partial charge in [0.1, 0.15) is 0 Å². The van der Waals surface area contributed by atoms with E-state index < -0.39 is 0 Å². The molecule has 1 aromatic heterocycles. The van der Waals surface area contributed by atoms with E-state index in [-0.39, 0.29) is 0 Å². The van der Waals surface area contributed by atoms with E-state index in [2.05, 4.69) is 20.7 Å². The number of aliphatic imine (C=N–C) groups is 1. The molecule has 0 saturated heterocycles. The predicted octanol–water partition coefficient (Wildman–Crippen LogP) is 0.560. The van der Waals surface area contributed by atoms with Crippen molar-refractivity contribution < 1.29 is 0 Å². The molecule has 53 valence electrons. The van der Waals surface area contributed by atoms with Gasteiger partial charge in [-0.1, -0.05) is 0 Å². The first-order valence-corrected chi connectivity index (χ1v) is 3.47. The fourth-order valence-electron chi connectivity index (χ4n) is 0.362. The van der Waals surface area contributed by atoms with Crippen LogP contribution < -0.4 is 0 Å². The first-order valence-electron chi connectivity index (χ1n) is 2.69. The zero-order valence-electron chi connectivity index (χ0n) is 5.77. The molecule has 0 spiro atoms. The summed E-state index contributed by atoms with van der Waals surface area (Å²) in [5, 5.41) is 0.633. The van der Waals surface area contributed by atoms with Crippen molar-refractivity contribution in [1.29, 1.82) is 0 Å². The van der Waals surface area contributed by atoms with Crippen molar-refractivity contribution in [3.8, 4) is 0 Å². The Balaban J connectivity index is 2.55. The second kappa shape index (κ2) is 3.26. The van der Waals surface area contributed by atoms with Crippen LogP contribution in [0.3, 0.4) is 0 Å². The normalized spacial score (nSPS) is 10.6. The van der Waals surface area contributed by atoms with Gasteiger partial charge in [-0.15, -0.1) is 0 Å². The van der Waals surface area contributed by atoms with Crippen LogP contribution in [0.4, 0.5) is 5.13 Å². The van der Waals surface area contributed by atoms with Crippen molar-refractivity contribution >= 4 is 23.0 Å². The van der Waals surface area contributed by atoms with Crippen LogP contribution in [0.5, 0.6) is 0 Å². The van der Waals surface area contributed by atoms with E-state index in [0.717, 1.165) is 0 Å². The third-order valence-corrected chi connectivity index (χ3v) is 1.25. The van der Waals surface area contributed by atoms with Gasteiger partial charge in [-0.25, -0.2) is 4.99 Å². The van der Waals surface area contributed by atoms with Gasteiger partial charge in [-0.2, -0.15) is 9.36 Å². The van der Waals surface area contributed by atoms with E-state index in [9.17, 15) is 0 Å². The smallest absolute Gasteiger partial charge is 0.230 e. The summed E-state index contributed by atoms with van der Waals surface area (Å²) in [6.07, 6.45) is 4.11. The molecule has 0 unspecified atom stereocenters. The van der Waals surface area contributed by atoms with Crippen LogP contribution >= 0.6 is 11.5 Å². The summed E-state index contributed by atoms with van der Waals surface area (Å²) in [6.45, 7) is 0. The van der Waals surface area contributed by atoms with Gasteiger partial charge in [0.15, 0.2) is 0 Å². The molecule has 5 heteroatoms. The van der Waals surface area contributed by atoms with Crippen LogP contribution in [-0.4, -0.2) is 34.7 Å². The van der Waals surface area contributed by atoms with Crippen LogP contribution in [0.2, 0.25) is 0 Å². The fourth-order valence-corrected chi connectivity index (χ4v) is 0.701. The van der Waals surface area contributed by atoms with Gasteiger partial charge in [0.05, 0.1) is 6.34 Å². The van der Waals surface area contributed by atoms with Crippen molar-refractivity contribution in [1.82, 2.24) is 14.3 Å². The average molecular weight is 155 g/mol. The van der Waals surface area contributed by atoms with Crippen LogP contribution in [0.25, 0.3) is 0 Å². The molecular formula is C5H7N4S. The number of nitrogens with zero attached hydrogens (tertiary/aromatic N) is 4. The summed E-state index contributed by atoms with van der Waals surface area (Å²) in [6, 6.07) is 0. The summed E-state index contributed by atoms with van der Waals surface area (Å²) in [7, 11) is 3.79. The molecule has 0 atom stereocenters. The Morgan fingerprint density at radius 1 is 1.70 bits per heavy atom. The molecule has 0 N–H and O–H groups in total. The molecule has 1 heterocycles. The van der Waals surface area contributed by atoms with Gasteiger partial charge >= 0.3 is 0 Å². The highest BCUT2D eigenvalue weighted by atomic mass is 32.1. The Morgan fingerprint density at radius 3 is 3.00 bits per heavy atom. The Kier molecular flexibility index (Phi) is 2.33. The lowest BCUT2D eigenvalue weighted by Gasteiger charge is -1.99. The number of aromatic nitrogens is 2. The molecule has 10 heavy (non-hydrogen) atoms. The molecule has 0 saturated carbocycles. The molecule has 1 aromatic rings. The van der Waals surface area contributed by atoms with Gasteiger partial charge in [0.25, 0.3) is 0 Å². The average Bonchev–Trinajstić information content (AvgIpc) is 2.34.